The van der Waals surface area contributed by atoms with Gasteiger partial charge in [-0.25, -0.2) is 0 Å². The smallest absolute Gasteiger partial charge is 0.255 e. The van der Waals surface area contributed by atoms with Crippen molar-refractivity contribution < 1.29 is 4.79 Å². The first kappa shape index (κ1) is 15.0. The first-order valence-electron chi connectivity index (χ1n) is 6.63. The second-order valence-electron chi connectivity index (χ2n) is 5.93. The van der Waals surface area contributed by atoms with Crippen molar-refractivity contribution in [2.24, 2.45) is 5.41 Å². The van der Waals surface area contributed by atoms with Crippen LogP contribution in [0, 0.1) is 5.41 Å². The van der Waals surface area contributed by atoms with E-state index in [1.165, 1.54) is 6.42 Å². The van der Waals surface area contributed by atoms with E-state index in [9.17, 15) is 4.79 Å². The average molecular weight is 389 g/mol. The fourth-order valence-corrected chi connectivity index (χ4v) is 3.24. The van der Waals surface area contributed by atoms with Crippen molar-refractivity contribution in [2.75, 3.05) is 13.1 Å². The number of benzene rings is 1. The Hall–Kier alpha value is -0.350. The van der Waals surface area contributed by atoms with Crippen molar-refractivity contribution in [1.82, 2.24) is 4.90 Å². The predicted molar refractivity (Wildman–Crippen MR) is 85.4 cm³/mol. The molecule has 0 spiro atoms. The van der Waals surface area contributed by atoms with Crippen LogP contribution in [0.25, 0.3) is 0 Å². The Labute approximate surface area is 131 Å². The molecule has 1 aliphatic heterocycles. The predicted octanol–water partition coefficient (Wildman–Crippen LogP) is 4.86. The van der Waals surface area contributed by atoms with E-state index in [-0.39, 0.29) is 5.91 Å². The van der Waals surface area contributed by atoms with Crippen molar-refractivity contribution in [2.45, 2.75) is 33.1 Å². The van der Waals surface area contributed by atoms with Gasteiger partial charge in [0, 0.05) is 22.0 Å². The zero-order chi connectivity index (χ0) is 14.0. The molecule has 1 aromatic carbocycles. The van der Waals surface area contributed by atoms with Gasteiger partial charge in [-0.05, 0) is 58.8 Å². The molecule has 104 valence electrons. The molecule has 19 heavy (non-hydrogen) atoms. The Bertz CT molecular complexity index is 485. The number of hydrogen-bond donors (Lipinski definition) is 0. The molecule has 1 heterocycles. The molecule has 0 aromatic heterocycles. The maximum absolute atomic E-state index is 12.6. The number of amides is 1. The van der Waals surface area contributed by atoms with Gasteiger partial charge in [0.25, 0.3) is 5.91 Å². The van der Waals surface area contributed by atoms with Gasteiger partial charge in [-0.3, -0.25) is 4.79 Å². The van der Waals surface area contributed by atoms with Gasteiger partial charge in [-0.15, -0.1) is 0 Å². The first-order valence-corrected chi connectivity index (χ1v) is 8.22. The van der Waals surface area contributed by atoms with E-state index in [1.54, 1.807) is 0 Å². The number of nitrogens with zero attached hydrogens (tertiary/aromatic N) is 1. The number of rotatable bonds is 1. The van der Waals surface area contributed by atoms with Gasteiger partial charge >= 0.3 is 0 Å². The summed E-state index contributed by atoms with van der Waals surface area (Å²) < 4.78 is 1.80. The molecule has 2 nitrogen and oxygen atoms in total. The molecule has 4 heteroatoms. The molecule has 0 bridgehead atoms. The molecule has 0 unspecified atom stereocenters. The van der Waals surface area contributed by atoms with E-state index in [1.807, 2.05) is 23.1 Å². The fourth-order valence-electron chi connectivity index (χ4n) is 2.46. The minimum atomic E-state index is 0.130. The molecule has 0 atom stereocenters. The Kier molecular flexibility index (Phi) is 4.72. The summed E-state index contributed by atoms with van der Waals surface area (Å²) in [6.07, 6.45) is 3.35. The maximum Gasteiger partial charge on any atom is 0.255 e. The van der Waals surface area contributed by atoms with Gasteiger partial charge in [0.2, 0.25) is 0 Å². The summed E-state index contributed by atoms with van der Waals surface area (Å²) in [5, 5.41) is 0. The van der Waals surface area contributed by atoms with Crippen LogP contribution < -0.4 is 0 Å². The lowest BCUT2D eigenvalue weighted by molar-refractivity contribution is 0.0756. The molecule has 1 amide bonds. The summed E-state index contributed by atoms with van der Waals surface area (Å²) in [7, 11) is 0. The first-order chi connectivity index (χ1) is 8.89. The van der Waals surface area contributed by atoms with Crippen molar-refractivity contribution in [3.05, 3.63) is 32.7 Å². The third kappa shape index (κ3) is 3.82. The van der Waals surface area contributed by atoms with Crippen molar-refractivity contribution in [1.29, 1.82) is 0 Å². The van der Waals surface area contributed by atoms with Crippen LogP contribution in [0.5, 0.6) is 0 Å². The normalized spacial score (nSPS) is 19.1. The number of carbonyl (C=O) groups excluding carboxylic acids is 1. The molecule has 0 saturated carbocycles. The summed E-state index contributed by atoms with van der Waals surface area (Å²) in [6.45, 7) is 6.29. The van der Waals surface area contributed by atoms with Crippen LogP contribution in [0.3, 0.4) is 0 Å². The van der Waals surface area contributed by atoms with Gasteiger partial charge in [0.15, 0.2) is 0 Å². The maximum atomic E-state index is 12.6. The van der Waals surface area contributed by atoms with Crippen LogP contribution in [-0.2, 0) is 0 Å². The molecule has 1 aromatic rings. The standard InChI is InChI=1S/C15H19Br2NO/c1-15(2)6-3-8-18(9-7-15)14(19)12-10-11(16)4-5-13(12)17/h4-5,10H,3,6-9H2,1-2H3. The Morgan fingerprint density at radius 3 is 2.68 bits per heavy atom. The minimum absolute atomic E-state index is 0.130. The SMILES string of the molecule is CC1(C)CCCN(C(=O)c2cc(Br)ccc2Br)CC1. The minimum Gasteiger partial charge on any atom is -0.339 e. The largest absolute Gasteiger partial charge is 0.339 e. The zero-order valence-corrected chi connectivity index (χ0v) is 14.6. The highest BCUT2D eigenvalue weighted by Gasteiger charge is 2.26. The number of halogens is 2. The lowest BCUT2D eigenvalue weighted by Gasteiger charge is -2.23. The van der Waals surface area contributed by atoms with E-state index in [0.717, 1.165) is 40.4 Å². The topological polar surface area (TPSA) is 20.3 Å². The molecule has 0 N–H and O–H groups in total. The van der Waals surface area contributed by atoms with Gasteiger partial charge < -0.3 is 4.90 Å². The molecular weight excluding hydrogens is 370 g/mol. The third-order valence-electron chi connectivity index (χ3n) is 3.79. The van der Waals surface area contributed by atoms with E-state index in [2.05, 4.69) is 45.7 Å². The van der Waals surface area contributed by atoms with E-state index in [4.69, 9.17) is 0 Å². The number of hydrogen-bond acceptors (Lipinski definition) is 1. The van der Waals surface area contributed by atoms with Gasteiger partial charge in [0.05, 0.1) is 5.56 Å². The monoisotopic (exact) mass is 387 g/mol. The third-order valence-corrected chi connectivity index (χ3v) is 4.97. The van der Waals surface area contributed by atoms with Gasteiger partial charge in [0.1, 0.15) is 0 Å². The zero-order valence-electron chi connectivity index (χ0n) is 11.4. The molecule has 1 saturated heterocycles. The Balaban J connectivity index is 2.17. The van der Waals surface area contributed by atoms with Crippen LogP contribution in [0.2, 0.25) is 0 Å². The van der Waals surface area contributed by atoms with E-state index in [0.29, 0.717) is 5.41 Å². The van der Waals surface area contributed by atoms with E-state index < -0.39 is 0 Å². The van der Waals surface area contributed by atoms with Crippen molar-refractivity contribution in [3.8, 4) is 0 Å². The van der Waals surface area contributed by atoms with Gasteiger partial charge in [-0.2, -0.15) is 0 Å². The van der Waals surface area contributed by atoms with E-state index >= 15 is 0 Å². The van der Waals surface area contributed by atoms with Crippen LogP contribution in [0.4, 0.5) is 0 Å². The summed E-state index contributed by atoms with van der Waals surface area (Å²) in [5.74, 6) is 0.130. The lowest BCUT2D eigenvalue weighted by Crippen LogP contribution is -2.32. The van der Waals surface area contributed by atoms with Crippen LogP contribution in [0.15, 0.2) is 27.1 Å². The summed E-state index contributed by atoms with van der Waals surface area (Å²) in [4.78, 5) is 14.6. The molecule has 0 aliphatic carbocycles. The Morgan fingerprint density at radius 1 is 1.21 bits per heavy atom. The second-order valence-corrected chi connectivity index (χ2v) is 7.70. The molecular formula is C15H19Br2NO. The second kappa shape index (κ2) is 5.96. The molecule has 1 fully saturated rings. The van der Waals surface area contributed by atoms with Crippen molar-refractivity contribution >= 4 is 37.8 Å². The summed E-state index contributed by atoms with van der Waals surface area (Å²) >= 11 is 6.90. The highest BCUT2D eigenvalue weighted by molar-refractivity contribution is 9.11. The quantitative estimate of drug-likeness (QED) is 0.672. The molecule has 2 rings (SSSR count). The highest BCUT2D eigenvalue weighted by Crippen LogP contribution is 2.31. The van der Waals surface area contributed by atoms with Crippen LogP contribution >= 0.6 is 31.9 Å². The summed E-state index contributed by atoms with van der Waals surface area (Å²) in [5.41, 5.74) is 1.10. The Morgan fingerprint density at radius 2 is 1.95 bits per heavy atom. The average Bonchev–Trinajstić information content (AvgIpc) is 2.52. The lowest BCUT2D eigenvalue weighted by atomic mass is 9.85. The summed E-state index contributed by atoms with van der Waals surface area (Å²) in [6, 6.07) is 5.74. The van der Waals surface area contributed by atoms with Gasteiger partial charge in [-0.1, -0.05) is 29.8 Å². The number of carbonyl (C=O) groups is 1. The molecule has 1 aliphatic rings. The highest BCUT2D eigenvalue weighted by atomic mass is 79.9. The van der Waals surface area contributed by atoms with Crippen LogP contribution in [0.1, 0.15) is 43.5 Å². The van der Waals surface area contributed by atoms with Crippen molar-refractivity contribution in [3.63, 3.8) is 0 Å². The fraction of sp³-hybridized carbons (Fsp3) is 0.533. The molecule has 0 radical (unpaired) electrons. The van der Waals surface area contributed by atoms with Crippen LogP contribution in [-0.4, -0.2) is 23.9 Å². The number of likely N-dealkylation sites (tertiary alicyclic amines) is 1.